The second kappa shape index (κ2) is 4.37. The van der Waals surface area contributed by atoms with E-state index in [0.717, 1.165) is 0 Å². The molecular formula is C13H15N5O3. The summed E-state index contributed by atoms with van der Waals surface area (Å²) < 4.78 is 0. The number of nitrogens with zero attached hydrogens (tertiary/aromatic N) is 1. The van der Waals surface area contributed by atoms with Crippen LogP contribution in [-0.2, 0) is 4.79 Å². The van der Waals surface area contributed by atoms with Gasteiger partial charge >= 0.3 is 6.03 Å². The third-order valence-electron chi connectivity index (χ3n) is 3.88. The lowest BCUT2D eigenvalue weighted by Gasteiger charge is -2.21. The molecule has 4 amide bonds. The van der Waals surface area contributed by atoms with Crippen LogP contribution < -0.4 is 22.1 Å². The minimum Gasteiger partial charge on any atom is -0.399 e. The topological polar surface area (TPSA) is 131 Å². The predicted octanol–water partition coefficient (Wildman–Crippen LogP) is -0.725. The van der Waals surface area contributed by atoms with Crippen molar-refractivity contribution in [2.75, 3.05) is 24.6 Å². The van der Waals surface area contributed by atoms with Gasteiger partial charge in [-0.3, -0.25) is 14.9 Å². The van der Waals surface area contributed by atoms with Crippen LogP contribution in [0.1, 0.15) is 16.8 Å². The number of likely N-dealkylation sites (tertiary alicyclic amines) is 1. The first-order valence-electron chi connectivity index (χ1n) is 6.49. The Morgan fingerprint density at radius 2 is 2.05 bits per heavy atom. The van der Waals surface area contributed by atoms with Gasteiger partial charge in [-0.05, 0) is 24.6 Å². The van der Waals surface area contributed by atoms with Crippen molar-refractivity contribution in [1.29, 1.82) is 0 Å². The zero-order valence-corrected chi connectivity index (χ0v) is 11.2. The minimum absolute atomic E-state index is 0.132. The third kappa shape index (κ3) is 2.04. The smallest absolute Gasteiger partial charge is 0.322 e. The molecule has 8 nitrogen and oxygen atoms in total. The van der Waals surface area contributed by atoms with Crippen LogP contribution in [0, 0.1) is 0 Å². The monoisotopic (exact) mass is 289 g/mol. The van der Waals surface area contributed by atoms with E-state index >= 15 is 0 Å². The van der Waals surface area contributed by atoms with E-state index < -0.39 is 17.5 Å². The largest absolute Gasteiger partial charge is 0.399 e. The summed E-state index contributed by atoms with van der Waals surface area (Å²) in [7, 11) is 0. The average molecular weight is 289 g/mol. The maximum atomic E-state index is 12.5. The van der Waals surface area contributed by atoms with Crippen LogP contribution in [0.15, 0.2) is 18.2 Å². The Balaban J connectivity index is 1.82. The molecule has 8 heteroatoms. The van der Waals surface area contributed by atoms with Crippen LogP contribution in [0.4, 0.5) is 16.2 Å². The van der Waals surface area contributed by atoms with Gasteiger partial charge in [0.1, 0.15) is 5.54 Å². The SMILES string of the molecule is Nc1ccc(C(=O)N2CCC3(C2)NC(=O)NC3=O)c(N)c1. The third-order valence-corrected chi connectivity index (χ3v) is 3.88. The highest BCUT2D eigenvalue weighted by atomic mass is 16.2. The molecule has 2 aliphatic rings. The number of nitrogen functional groups attached to an aromatic ring is 2. The molecule has 2 fully saturated rings. The molecule has 1 aromatic rings. The Hall–Kier alpha value is -2.77. The molecule has 0 aromatic heterocycles. The normalized spacial score (nSPS) is 24.3. The number of nitrogens with two attached hydrogens (primary N) is 2. The van der Waals surface area contributed by atoms with E-state index in [4.69, 9.17) is 11.5 Å². The second-order valence-electron chi connectivity index (χ2n) is 5.31. The van der Waals surface area contributed by atoms with E-state index in [1.54, 1.807) is 12.1 Å². The standard InChI is InChI=1S/C13H15N5O3/c14-7-1-2-8(9(15)5-7)10(19)18-4-3-13(6-18)11(20)16-12(21)17-13/h1-2,5H,3-4,6,14-15H2,(H2,16,17,20,21). The summed E-state index contributed by atoms with van der Waals surface area (Å²) in [6.45, 7) is 0.504. The highest BCUT2D eigenvalue weighted by molar-refractivity contribution is 6.08. The lowest BCUT2D eigenvalue weighted by molar-refractivity contribution is -0.123. The van der Waals surface area contributed by atoms with Gasteiger partial charge in [0.25, 0.3) is 11.8 Å². The number of urea groups is 1. The highest BCUT2D eigenvalue weighted by Crippen LogP contribution is 2.27. The minimum atomic E-state index is -1.02. The summed E-state index contributed by atoms with van der Waals surface area (Å²) >= 11 is 0. The van der Waals surface area contributed by atoms with Gasteiger partial charge in [-0.25, -0.2) is 4.79 Å². The van der Waals surface area contributed by atoms with Crippen LogP contribution in [0.5, 0.6) is 0 Å². The van der Waals surface area contributed by atoms with E-state index in [2.05, 4.69) is 10.6 Å². The predicted molar refractivity (Wildman–Crippen MR) is 75.2 cm³/mol. The zero-order valence-electron chi connectivity index (χ0n) is 11.2. The number of carbonyl (C=O) groups is 3. The Kier molecular flexibility index (Phi) is 2.75. The van der Waals surface area contributed by atoms with Crippen molar-refractivity contribution < 1.29 is 14.4 Å². The average Bonchev–Trinajstić information content (AvgIpc) is 2.94. The number of imide groups is 1. The number of nitrogens with one attached hydrogen (secondary N) is 2. The number of anilines is 2. The Morgan fingerprint density at radius 3 is 2.67 bits per heavy atom. The van der Waals surface area contributed by atoms with E-state index in [-0.39, 0.29) is 12.5 Å². The maximum absolute atomic E-state index is 12.5. The molecule has 1 unspecified atom stereocenters. The molecule has 1 aromatic carbocycles. The summed E-state index contributed by atoms with van der Waals surface area (Å²) in [5, 5.41) is 4.79. The van der Waals surface area contributed by atoms with Crippen molar-refractivity contribution in [3.63, 3.8) is 0 Å². The number of amides is 4. The molecule has 3 rings (SSSR count). The van der Waals surface area contributed by atoms with Crippen molar-refractivity contribution in [2.45, 2.75) is 12.0 Å². The molecule has 1 spiro atoms. The highest BCUT2D eigenvalue weighted by Gasteiger charge is 2.51. The fourth-order valence-electron chi connectivity index (χ4n) is 2.74. The van der Waals surface area contributed by atoms with Gasteiger partial charge in [0.2, 0.25) is 0 Å². The molecule has 110 valence electrons. The van der Waals surface area contributed by atoms with Crippen molar-refractivity contribution in [3.05, 3.63) is 23.8 Å². The van der Waals surface area contributed by atoms with Gasteiger partial charge < -0.3 is 21.7 Å². The van der Waals surface area contributed by atoms with E-state index in [1.165, 1.54) is 11.0 Å². The Bertz CT molecular complexity index is 659. The van der Waals surface area contributed by atoms with Gasteiger partial charge in [0, 0.05) is 17.9 Å². The van der Waals surface area contributed by atoms with Crippen LogP contribution in [0.25, 0.3) is 0 Å². The van der Waals surface area contributed by atoms with Gasteiger partial charge in [0.05, 0.1) is 12.1 Å². The van der Waals surface area contributed by atoms with Crippen LogP contribution in [-0.4, -0.2) is 41.4 Å². The van der Waals surface area contributed by atoms with Crippen molar-refractivity contribution in [3.8, 4) is 0 Å². The molecule has 0 aliphatic carbocycles. The van der Waals surface area contributed by atoms with Crippen molar-refractivity contribution in [2.24, 2.45) is 0 Å². The maximum Gasteiger partial charge on any atom is 0.322 e. The second-order valence-corrected chi connectivity index (χ2v) is 5.31. The first kappa shape index (κ1) is 13.2. The molecule has 0 radical (unpaired) electrons. The molecular weight excluding hydrogens is 274 g/mol. The van der Waals surface area contributed by atoms with Crippen LogP contribution in [0.2, 0.25) is 0 Å². The molecule has 1 atom stereocenters. The van der Waals surface area contributed by atoms with E-state index in [9.17, 15) is 14.4 Å². The summed E-state index contributed by atoms with van der Waals surface area (Å²) in [6.07, 6.45) is 0.380. The van der Waals surface area contributed by atoms with Gasteiger partial charge in [0.15, 0.2) is 0 Å². The fraction of sp³-hybridized carbons (Fsp3) is 0.308. The number of carbonyl (C=O) groups excluding carboxylic acids is 3. The molecule has 21 heavy (non-hydrogen) atoms. The van der Waals surface area contributed by atoms with Crippen molar-refractivity contribution in [1.82, 2.24) is 15.5 Å². The molecule has 6 N–H and O–H groups in total. The first-order valence-corrected chi connectivity index (χ1v) is 6.49. The first-order chi connectivity index (χ1) is 9.91. The van der Waals surface area contributed by atoms with E-state index in [1.807, 2.05) is 0 Å². The molecule has 2 aliphatic heterocycles. The number of hydrogen-bond donors (Lipinski definition) is 4. The molecule has 2 saturated heterocycles. The summed E-state index contributed by atoms with van der Waals surface area (Å²) in [5.41, 5.74) is 11.5. The van der Waals surface area contributed by atoms with Gasteiger partial charge in [-0.2, -0.15) is 0 Å². The number of benzene rings is 1. The van der Waals surface area contributed by atoms with Crippen LogP contribution >= 0.6 is 0 Å². The number of hydrogen-bond acceptors (Lipinski definition) is 5. The molecule has 2 heterocycles. The summed E-state index contributed by atoms with van der Waals surface area (Å²) in [4.78, 5) is 37.1. The fourth-order valence-corrected chi connectivity index (χ4v) is 2.74. The zero-order chi connectivity index (χ0) is 15.2. The lowest BCUT2D eigenvalue weighted by Crippen LogP contribution is -2.49. The Labute approximate surface area is 120 Å². The number of rotatable bonds is 1. The van der Waals surface area contributed by atoms with Gasteiger partial charge in [-0.15, -0.1) is 0 Å². The van der Waals surface area contributed by atoms with Crippen molar-refractivity contribution >= 4 is 29.2 Å². The Morgan fingerprint density at radius 1 is 1.29 bits per heavy atom. The summed E-state index contributed by atoms with van der Waals surface area (Å²) in [6, 6.07) is 4.15. The van der Waals surface area contributed by atoms with Crippen LogP contribution in [0.3, 0.4) is 0 Å². The molecule has 0 bridgehead atoms. The molecule has 0 saturated carbocycles. The summed E-state index contributed by atoms with van der Waals surface area (Å²) in [5.74, 6) is -0.675. The van der Waals surface area contributed by atoms with Gasteiger partial charge in [-0.1, -0.05) is 0 Å². The lowest BCUT2D eigenvalue weighted by atomic mass is 9.99. The quantitative estimate of drug-likeness (QED) is 0.400. The van der Waals surface area contributed by atoms with E-state index in [0.29, 0.717) is 29.9 Å².